The summed E-state index contributed by atoms with van der Waals surface area (Å²) in [5, 5.41) is 23.5. The lowest BCUT2D eigenvalue weighted by atomic mass is 9.53. The third kappa shape index (κ3) is 5.15. The minimum absolute atomic E-state index is 0.00762. The predicted molar refractivity (Wildman–Crippen MR) is 149 cm³/mol. The maximum absolute atomic E-state index is 13.0. The van der Waals surface area contributed by atoms with Gasteiger partial charge in [0.15, 0.2) is 5.78 Å². The number of hydrogen-bond donors (Lipinski definition) is 2. The maximum Gasteiger partial charge on any atom is 0.303 e. The Morgan fingerprint density at radius 2 is 1.72 bits per heavy atom. The van der Waals surface area contributed by atoms with E-state index in [1.165, 1.54) is 12.5 Å². The van der Waals surface area contributed by atoms with Gasteiger partial charge in [0.1, 0.15) is 17.8 Å². The van der Waals surface area contributed by atoms with Crippen molar-refractivity contribution in [3.8, 4) is 0 Å². The van der Waals surface area contributed by atoms with Crippen LogP contribution in [0, 0.1) is 22.7 Å². The van der Waals surface area contributed by atoms with Gasteiger partial charge in [-0.15, -0.1) is 0 Å². The van der Waals surface area contributed by atoms with Crippen LogP contribution in [-0.2, 0) is 23.8 Å². The molecule has 4 aliphatic rings. The van der Waals surface area contributed by atoms with Crippen LogP contribution < -0.4 is 0 Å². The molecule has 39 heavy (non-hydrogen) atoms. The van der Waals surface area contributed by atoms with Crippen LogP contribution in [0.15, 0.2) is 12.2 Å². The molecule has 2 heterocycles. The first-order valence-electron chi connectivity index (χ1n) is 15.0. The van der Waals surface area contributed by atoms with Gasteiger partial charge in [0.2, 0.25) is 0 Å². The van der Waals surface area contributed by atoms with E-state index in [9.17, 15) is 19.8 Å². The van der Waals surface area contributed by atoms with Gasteiger partial charge in [-0.25, -0.2) is 0 Å². The number of carbonyl (C=O) groups is 2. The number of rotatable bonds is 4. The molecule has 7 heteroatoms. The van der Waals surface area contributed by atoms with E-state index in [0.29, 0.717) is 12.8 Å². The average molecular weight is 549 g/mol. The molecule has 2 N–H and O–H groups in total. The number of ketones is 1. The van der Waals surface area contributed by atoms with E-state index < -0.39 is 28.3 Å². The van der Waals surface area contributed by atoms with Gasteiger partial charge < -0.3 is 24.4 Å². The van der Waals surface area contributed by atoms with Gasteiger partial charge >= 0.3 is 5.97 Å². The van der Waals surface area contributed by atoms with E-state index in [-0.39, 0.29) is 53.7 Å². The number of esters is 1. The summed E-state index contributed by atoms with van der Waals surface area (Å²) >= 11 is 0. The molecule has 2 saturated heterocycles. The minimum Gasteiger partial charge on any atom is -0.460 e. The Morgan fingerprint density at radius 3 is 2.36 bits per heavy atom. The highest BCUT2D eigenvalue weighted by atomic mass is 16.6. The smallest absolute Gasteiger partial charge is 0.303 e. The molecule has 0 bridgehead atoms. The van der Waals surface area contributed by atoms with Crippen molar-refractivity contribution in [1.82, 2.24) is 0 Å². The first kappa shape index (κ1) is 30.7. The van der Waals surface area contributed by atoms with Crippen molar-refractivity contribution in [1.29, 1.82) is 0 Å². The summed E-state index contributed by atoms with van der Waals surface area (Å²) in [7, 11) is 0. The molecule has 0 radical (unpaired) electrons. The normalized spacial score (nSPS) is 45.9. The lowest BCUT2D eigenvalue weighted by molar-refractivity contribution is -0.228. The first-order valence-corrected chi connectivity index (χ1v) is 15.0. The Kier molecular flexibility index (Phi) is 8.04. The first-order chi connectivity index (χ1) is 17.9. The summed E-state index contributed by atoms with van der Waals surface area (Å²) in [4.78, 5) is 24.8. The second kappa shape index (κ2) is 10.2. The Balaban J connectivity index is 1.62. The Morgan fingerprint density at radius 1 is 1.05 bits per heavy atom. The number of allylic oxidation sites excluding steroid dienone is 1. The van der Waals surface area contributed by atoms with Crippen molar-refractivity contribution in [2.75, 3.05) is 0 Å². The fourth-order valence-corrected chi connectivity index (χ4v) is 8.71. The van der Waals surface area contributed by atoms with Crippen molar-refractivity contribution in [2.45, 2.75) is 154 Å². The fraction of sp³-hybridized carbons (Fsp3) is 0.875. The highest BCUT2D eigenvalue weighted by molar-refractivity contribution is 5.90. The Labute approximate surface area is 235 Å². The molecule has 2 saturated carbocycles. The summed E-state index contributed by atoms with van der Waals surface area (Å²) < 4.78 is 18.8. The standard InChI is InChI=1S/C32H52O7/c1-19-10-12-25-30(8,16-15-24(37-21(3)33)28(4,5)38-25)22(19)14-17-32(36)20(2)11-13-26-31(32,9)18-23(34)27(35)29(6,7)39-26/h20,22-26,34,36H,1,10-18H2,2-9H3. The molecule has 0 spiro atoms. The van der Waals surface area contributed by atoms with Crippen LogP contribution >= 0.6 is 0 Å². The lowest BCUT2D eigenvalue weighted by Crippen LogP contribution is -2.61. The molecule has 222 valence electrons. The molecule has 4 rings (SSSR count). The van der Waals surface area contributed by atoms with Crippen LogP contribution in [0.5, 0.6) is 0 Å². The van der Waals surface area contributed by atoms with Crippen molar-refractivity contribution in [2.24, 2.45) is 22.7 Å². The summed E-state index contributed by atoms with van der Waals surface area (Å²) in [6.07, 6.45) is 4.44. The summed E-state index contributed by atoms with van der Waals surface area (Å²) in [5.74, 6) is -0.495. The van der Waals surface area contributed by atoms with Gasteiger partial charge in [-0.2, -0.15) is 0 Å². The van der Waals surface area contributed by atoms with Gasteiger partial charge in [-0.3, -0.25) is 9.59 Å². The highest BCUT2D eigenvalue weighted by Crippen LogP contribution is 2.59. The minimum atomic E-state index is -1.17. The van der Waals surface area contributed by atoms with Gasteiger partial charge in [-0.05, 0) is 97.3 Å². The number of aliphatic hydroxyl groups is 2. The van der Waals surface area contributed by atoms with Crippen LogP contribution in [0.4, 0.5) is 0 Å². The summed E-state index contributed by atoms with van der Waals surface area (Å²) in [6, 6.07) is 0. The van der Waals surface area contributed by atoms with Gasteiger partial charge in [0.25, 0.3) is 0 Å². The molecular formula is C32H52O7. The quantitative estimate of drug-likeness (QED) is 0.363. The number of hydrogen-bond acceptors (Lipinski definition) is 7. The SMILES string of the molecule is C=C1CCC2OC(C)(C)C(OC(C)=O)CCC2(C)C1CCC1(O)C(C)CCC2OC(C)(C)C(=O)C(O)CC21C. The van der Waals surface area contributed by atoms with E-state index in [1.807, 2.05) is 20.8 Å². The van der Waals surface area contributed by atoms with Gasteiger partial charge in [0, 0.05) is 17.8 Å². The molecule has 2 aliphatic heterocycles. The summed E-state index contributed by atoms with van der Waals surface area (Å²) in [6.45, 7) is 19.8. The molecular weight excluding hydrogens is 496 g/mol. The highest BCUT2D eigenvalue weighted by Gasteiger charge is 2.62. The van der Waals surface area contributed by atoms with Gasteiger partial charge in [-0.1, -0.05) is 32.9 Å². The largest absolute Gasteiger partial charge is 0.460 e. The number of carbonyl (C=O) groups excluding carboxylic acids is 2. The Hall–Kier alpha value is -1.28. The molecule has 0 aromatic heterocycles. The second-order valence-electron chi connectivity index (χ2n) is 14.7. The molecule has 0 amide bonds. The van der Waals surface area contributed by atoms with E-state index in [0.717, 1.165) is 38.5 Å². The number of ether oxygens (including phenoxy) is 3. The van der Waals surface area contributed by atoms with Crippen LogP contribution in [0.25, 0.3) is 0 Å². The second-order valence-corrected chi connectivity index (χ2v) is 14.7. The van der Waals surface area contributed by atoms with E-state index in [2.05, 4.69) is 20.4 Å². The van der Waals surface area contributed by atoms with E-state index in [4.69, 9.17) is 14.2 Å². The molecule has 9 unspecified atom stereocenters. The zero-order valence-electron chi connectivity index (χ0n) is 25.5. The van der Waals surface area contributed by atoms with Crippen molar-refractivity contribution < 1.29 is 34.0 Å². The van der Waals surface area contributed by atoms with E-state index in [1.54, 1.807) is 13.8 Å². The van der Waals surface area contributed by atoms with Crippen molar-refractivity contribution in [3.63, 3.8) is 0 Å². The molecule has 9 atom stereocenters. The number of aliphatic hydroxyl groups excluding tert-OH is 1. The summed E-state index contributed by atoms with van der Waals surface area (Å²) in [5.41, 5.74) is -2.61. The third-order valence-electron chi connectivity index (χ3n) is 11.4. The Bertz CT molecular complexity index is 987. The van der Waals surface area contributed by atoms with Crippen LogP contribution in [-0.4, -0.2) is 63.2 Å². The molecule has 4 fully saturated rings. The monoisotopic (exact) mass is 548 g/mol. The van der Waals surface area contributed by atoms with Gasteiger partial charge in [0.05, 0.1) is 23.4 Å². The van der Waals surface area contributed by atoms with Crippen LogP contribution in [0.3, 0.4) is 0 Å². The predicted octanol–water partition coefficient (Wildman–Crippen LogP) is 5.29. The fourth-order valence-electron chi connectivity index (χ4n) is 8.71. The maximum atomic E-state index is 13.0. The molecule has 2 aliphatic carbocycles. The zero-order chi connectivity index (χ0) is 29.2. The van der Waals surface area contributed by atoms with Crippen LogP contribution in [0.1, 0.15) is 113 Å². The third-order valence-corrected chi connectivity index (χ3v) is 11.4. The van der Waals surface area contributed by atoms with Crippen molar-refractivity contribution >= 4 is 11.8 Å². The number of Topliss-reactive ketones (excluding diaryl/α,β-unsaturated/α-hetero) is 1. The topological polar surface area (TPSA) is 102 Å². The molecule has 7 nitrogen and oxygen atoms in total. The molecule has 0 aromatic carbocycles. The number of fused-ring (bicyclic) bond motifs is 2. The zero-order valence-corrected chi connectivity index (χ0v) is 25.5. The lowest BCUT2D eigenvalue weighted by Gasteiger charge is -2.57. The van der Waals surface area contributed by atoms with E-state index >= 15 is 0 Å². The van der Waals surface area contributed by atoms with Crippen molar-refractivity contribution in [3.05, 3.63) is 12.2 Å². The van der Waals surface area contributed by atoms with Crippen LogP contribution in [0.2, 0.25) is 0 Å². The average Bonchev–Trinajstić information content (AvgIpc) is 2.96. The molecule has 0 aromatic rings.